The first-order valence-corrected chi connectivity index (χ1v) is 7.01. The van der Waals surface area contributed by atoms with Crippen LogP contribution in [0.3, 0.4) is 0 Å². The highest BCUT2D eigenvalue weighted by molar-refractivity contribution is 5.87. The number of nitrogens with one attached hydrogen (secondary N) is 2. The van der Waals surface area contributed by atoms with E-state index in [9.17, 15) is 9.59 Å². The van der Waals surface area contributed by atoms with E-state index in [0.717, 1.165) is 13.1 Å². The predicted molar refractivity (Wildman–Crippen MR) is 72.2 cm³/mol. The van der Waals surface area contributed by atoms with Crippen molar-refractivity contribution in [2.45, 2.75) is 25.5 Å². The van der Waals surface area contributed by atoms with Crippen LogP contribution in [0.2, 0.25) is 0 Å². The summed E-state index contributed by atoms with van der Waals surface area (Å²) >= 11 is 0. The van der Waals surface area contributed by atoms with Crippen molar-refractivity contribution >= 4 is 11.8 Å². The molecule has 7 nitrogen and oxygen atoms in total. The molecule has 0 bridgehead atoms. The van der Waals surface area contributed by atoms with Gasteiger partial charge in [-0.15, -0.1) is 0 Å². The van der Waals surface area contributed by atoms with Crippen molar-refractivity contribution in [3.63, 3.8) is 0 Å². The van der Waals surface area contributed by atoms with Crippen LogP contribution in [0.5, 0.6) is 0 Å². The van der Waals surface area contributed by atoms with Gasteiger partial charge >= 0.3 is 0 Å². The third-order valence-corrected chi connectivity index (χ3v) is 3.62. The zero-order valence-corrected chi connectivity index (χ0v) is 12.1. The summed E-state index contributed by atoms with van der Waals surface area (Å²) in [7, 11) is 0. The average Bonchev–Trinajstić information content (AvgIpc) is 2.43. The Morgan fingerprint density at radius 1 is 1.40 bits per heavy atom. The molecule has 2 aliphatic rings. The zero-order valence-electron chi connectivity index (χ0n) is 12.1. The highest BCUT2D eigenvalue weighted by Crippen LogP contribution is 2.14. The van der Waals surface area contributed by atoms with E-state index in [0.29, 0.717) is 26.3 Å². The number of morpholine rings is 1. The van der Waals surface area contributed by atoms with Crippen LogP contribution in [0.25, 0.3) is 0 Å². The Morgan fingerprint density at radius 2 is 2.05 bits per heavy atom. The third-order valence-electron chi connectivity index (χ3n) is 3.62. The summed E-state index contributed by atoms with van der Waals surface area (Å²) < 4.78 is 10.7. The fourth-order valence-electron chi connectivity index (χ4n) is 2.22. The summed E-state index contributed by atoms with van der Waals surface area (Å²) in [5.74, 6) is -0.328. The van der Waals surface area contributed by atoms with Crippen molar-refractivity contribution in [2.24, 2.45) is 0 Å². The first-order chi connectivity index (χ1) is 9.50. The number of nitrogens with zero attached hydrogens (tertiary/aromatic N) is 1. The summed E-state index contributed by atoms with van der Waals surface area (Å²) in [5.41, 5.74) is -0.255. The van der Waals surface area contributed by atoms with Gasteiger partial charge in [-0.25, -0.2) is 0 Å². The van der Waals surface area contributed by atoms with Crippen LogP contribution < -0.4 is 10.6 Å². The summed E-state index contributed by atoms with van der Waals surface area (Å²) in [5, 5.41) is 5.78. The molecule has 2 rings (SSSR count). The second kappa shape index (κ2) is 6.51. The van der Waals surface area contributed by atoms with Crippen molar-refractivity contribution < 1.29 is 19.1 Å². The monoisotopic (exact) mass is 285 g/mol. The van der Waals surface area contributed by atoms with E-state index in [1.807, 2.05) is 6.92 Å². The number of amides is 2. The standard InChI is InChI=1S/C13H23N3O4/c1-10(12(18)16-3-5-19-6-4-16)15-11(17)7-20-13(2)8-14-9-13/h10,14H,3-9H2,1-2H3,(H,15,17). The molecule has 7 heteroatoms. The van der Waals surface area contributed by atoms with Gasteiger partial charge in [-0.3, -0.25) is 9.59 Å². The van der Waals surface area contributed by atoms with E-state index in [2.05, 4.69) is 10.6 Å². The van der Waals surface area contributed by atoms with Gasteiger partial charge in [-0.05, 0) is 13.8 Å². The van der Waals surface area contributed by atoms with Gasteiger partial charge in [0.15, 0.2) is 0 Å². The van der Waals surface area contributed by atoms with Crippen molar-refractivity contribution in [1.82, 2.24) is 15.5 Å². The molecule has 0 aromatic carbocycles. The quantitative estimate of drug-likeness (QED) is 0.658. The molecule has 114 valence electrons. The number of hydrogen-bond acceptors (Lipinski definition) is 5. The molecule has 1 atom stereocenters. The Hall–Kier alpha value is -1.18. The fourth-order valence-corrected chi connectivity index (χ4v) is 2.22. The number of carbonyl (C=O) groups excluding carboxylic acids is 2. The summed E-state index contributed by atoms with van der Waals surface area (Å²) in [6.07, 6.45) is 0. The fraction of sp³-hybridized carbons (Fsp3) is 0.846. The van der Waals surface area contributed by atoms with E-state index < -0.39 is 6.04 Å². The number of carbonyl (C=O) groups is 2. The topological polar surface area (TPSA) is 79.9 Å². The molecule has 2 fully saturated rings. The van der Waals surface area contributed by atoms with Crippen LogP contribution in [0.1, 0.15) is 13.8 Å². The van der Waals surface area contributed by atoms with Crippen LogP contribution >= 0.6 is 0 Å². The molecule has 0 aromatic heterocycles. The van der Waals surface area contributed by atoms with Crippen molar-refractivity contribution in [3.8, 4) is 0 Å². The van der Waals surface area contributed by atoms with Gasteiger partial charge < -0.3 is 25.0 Å². The Kier molecular flexibility index (Phi) is 4.95. The molecule has 2 N–H and O–H groups in total. The molecule has 0 radical (unpaired) electrons. The molecule has 1 unspecified atom stereocenters. The van der Waals surface area contributed by atoms with Gasteiger partial charge in [0.2, 0.25) is 11.8 Å². The minimum absolute atomic E-state index is 0.0150. The first-order valence-electron chi connectivity index (χ1n) is 7.01. The predicted octanol–water partition coefficient (Wildman–Crippen LogP) is -1.27. The molecule has 2 saturated heterocycles. The smallest absolute Gasteiger partial charge is 0.246 e. The second-order valence-corrected chi connectivity index (χ2v) is 5.57. The van der Waals surface area contributed by atoms with Crippen LogP contribution in [0.4, 0.5) is 0 Å². The van der Waals surface area contributed by atoms with E-state index in [1.54, 1.807) is 11.8 Å². The molecular weight excluding hydrogens is 262 g/mol. The van der Waals surface area contributed by atoms with E-state index in [4.69, 9.17) is 9.47 Å². The molecule has 2 amide bonds. The maximum Gasteiger partial charge on any atom is 0.246 e. The van der Waals surface area contributed by atoms with Crippen LogP contribution in [-0.4, -0.2) is 74.4 Å². The van der Waals surface area contributed by atoms with Crippen LogP contribution in [0.15, 0.2) is 0 Å². The molecule has 0 aromatic rings. The van der Waals surface area contributed by atoms with Gasteiger partial charge in [-0.2, -0.15) is 0 Å². The van der Waals surface area contributed by atoms with Crippen molar-refractivity contribution in [3.05, 3.63) is 0 Å². The number of rotatable bonds is 5. The maximum absolute atomic E-state index is 12.1. The van der Waals surface area contributed by atoms with E-state index >= 15 is 0 Å². The van der Waals surface area contributed by atoms with Crippen molar-refractivity contribution in [1.29, 1.82) is 0 Å². The lowest BCUT2D eigenvalue weighted by atomic mass is 10.0. The highest BCUT2D eigenvalue weighted by atomic mass is 16.5. The van der Waals surface area contributed by atoms with Crippen LogP contribution in [-0.2, 0) is 19.1 Å². The second-order valence-electron chi connectivity index (χ2n) is 5.57. The Morgan fingerprint density at radius 3 is 2.60 bits per heavy atom. The molecular formula is C13H23N3O4. The van der Waals surface area contributed by atoms with E-state index in [-0.39, 0.29) is 24.0 Å². The summed E-state index contributed by atoms with van der Waals surface area (Å²) in [6, 6.07) is -0.531. The molecule has 0 spiro atoms. The number of ether oxygens (including phenoxy) is 2. The Bertz CT molecular complexity index is 365. The number of hydrogen-bond donors (Lipinski definition) is 2. The lowest BCUT2D eigenvalue weighted by molar-refractivity contribution is -0.143. The van der Waals surface area contributed by atoms with Crippen LogP contribution in [0, 0.1) is 0 Å². The minimum atomic E-state index is -0.531. The van der Waals surface area contributed by atoms with Gasteiger partial charge in [-0.1, -0.05) is 0 Å². The average molecular weight is 285 g/mol. The maximum atomic E-state index is 12.1. The molecule has 2 heterocycles. The Balaban J connectivity index is 1.70. The SMILES string of the molecule is CC(NC(=O)COC1(C)CNC1)C(=O)N1CCOCC1. The van der Waals surface area contributed by atoms with Crippen molar-refractivity contribution in [2.75, 3.05) is 46.0 Å². The third kappa shape index (κ3) is 3.91. The molecule has 0 saturated carbocycles. The first kappa shape index (κ1) is 15.2. The van der Waals surface area contributed by atoms with Gasteiger partial charge in [0.25, 0.3) is 0 Å². The van der Waals surface area contributed by atoms with Gasteiger partial charge in [0, 0.05) is 26.2 Å². The normalized spacial score (nSPS) is 22.8. The van der Waals surface area contributed by atoms with E-state index in [1.165, 1.54) is 0 Å². The van der Waals surface area contributed by atoms with Gasteiger partial charge in [0.1, 0.15) is 12.6 Å². The largest absolute Gasteiger partial charge is 0.378 e. The highest BCUT2D eigenvalue weighted by Gasteiger charge is 2.33. The Labute approximate surface area is 119 Å². The minimum Gasteiger partial charge on any atom is -0.378 e. The lowest BCUT2D eigenvalue weighted by Gasteiger charge is -2.38. The van der Waals surface area contributed by atoms with Gasteiger partial charge in [0.05, 0.1) is 18.8 Å². The lowest BCUT2D eigenvalue weighted by Crippen LogP contribution is -2.60. The zero-order chi connectivity index (χ0) is 14.6. The molecule has 0 aliphatic carbocycles. The molecule has 20 heavy (non-hydrogen) atoms. The summed E-state index contributed by atoms with van der Waals surface area (Å²) in [6.45, 7) is 7.42. The summed E-state index contributed by atoms with van der Waals surface area (Å²) in [4.78, 5) is 25.6. The molecule has 2 aliphatic heterocycles.